The molecule has 2 aromatic carbocycles. The van der Waals surface area contributed by atoms with E-state index in [0.29, 0.717) is 19.1 Å². The fourth-order valence-corrected chi connectivity index (χ4v) is 2.51. The Labute approximate surface area is 132 Å². The zero-order valence-electron chi connectivity index (χ0n) is 12.3. The number of benzene rings is 2. The Balaban J connectivity index is 1.54. The van der Waals surface area contributed by atoms with Gasteiger partial charge in [-0.3, -0.25) is 4.90 Å². The van der Waals surface area contributed by atoms with Gasteiger partial charge in [0.25, 0.3) is 0 Å². The molecule has 1 amide bonds. The highest BCUT2D eigenvalue weighted by molar-refractivity contribution is 5.89. The zero-order valence-corrected chi connectivity index (χ0v) is 12.3. The van der Waals surface area contributed by atoms with E-state index in [1.165, 1.54) is 0 Å². The minimum atomic E-state index is -0.302. The Hall–Kier alpha value is -3.15. The standard InChI is InChI=1S/C17H14N4O2/c22-17-21(9-10-23-17)14-7-5-13(6-8-14)19-16-18-11-12-3-1-2-4-15(12)20-16/h1-8,11H,9-10H2,(H,18,19,20). The van der Waals surface area contributed by atoms with E-state index in [4.69, 9.17) is 4.74 Å². The highest BCUT2D eigenvalue weighted by atomic mass is 16.6. The number of nitrogens with zero attached hydrogens (tertiary/aromatic N) is 3. The maximum Gasteiger partial charge on any atom is 0.414 e. The van der Waals surface area contributed by atoms with Crippen LogP contribution < -0.4 is 10.2 Å². The normalized spacial score (nSPS) is 14.1. The summed E-state index contributed by atoms with van der Waals surface area (Å²) in [6.07, 6.45) is 1.49. The largest absolute Gasteiger partial charge is 0.447 e. The van der Waals surface area contributed by atoms with Gasteiger partial charge in [0.05, 0.1) is 12.1 Å². The van der Waals surface area contributed by atoms with Crippen molar-refractivity contribution in [2.24, 2.45) is 0 Å². The highest BCUT2D eigenvalue weighted by Gasteiger charge is 2.23. The lowest BCUT2D eigenvalue weighted by Gasteiger charge is -2.13. The van der Waals surface area contributed by atoms with Crippen molar-refractivity contribution < 1.29 is 9.53 Å². The molecule has 1 saturated heterocycles. The molecule has 0 bridgehead atoms. The summed E-state index contributed by atoms with van der Waals surface area (Å²) in [6, 6.07) is 15.3. The van der Waals surface area contributed by atoms with Crippen LogP contribution in [0.4, 0.5) is 22.1 Å². The second-order valence-corrected chi connectivity index (χ2v) is 5.19. The summed E-state index contributed by atoms with van der Waals surface area (Å²) in [5.41, 5.74) is 2.57. The van der Waals surface area contributed by atoms with Gasteiger partial charge in [-0.05, 0) is 30.3 Å². The SMILES string of the molecule is O=C1OCCN1c1ccc(Nc2ncc3ccccc3n2)cc1. The van der Waals surface area contributed by atoms with Crippen LogP contribution in [0, 0.1) is 0 Å². The Bertz CT molecular complexity index is 864. The van der Waals surface area contributed by atoms with Gasteiger partial charge in [0.1, 0.15) is 6.61 Å². The number of para-hydroxylation sites is 1. The molecule has 0 atom stereocenters. The van der Waals surface area contributed by atoms with E-state index in [1.54, 1.807) is 11.1 Å². The molecule has 0 unspecified atom stereocenters. The third-order valence-electron chi connectivity index (χ3n) is 3.68. The van der Waals surface area contributed by atoms with Crippen LogP contribution in [0.15, 0.2) is 54.7 Å². The first kappa shape index (κ1) is 13.5. The van der Waals surface area contributed by atoms with Gasteiger partial charge in [-0.15, -0.1) is 0 Å². The van der Waals surface area contributed by atoms with Crippen LogP contribution in [0.25, 0.3) is 10.9 Å². The molecule has 2 heterocycles. The van der Waals surface area contributed by atoms with Crippen molar-refractivity contribution in [2.75, 3.05) is 23.4 Å². The molecule has 4 rings (SSSR count). The van der Waals surface area contributed by atoms with E-state index >= 15 is 0 Å². The van der Waals surface area contributed by atoms with Gasteiger partial charge in [0, 0.05) is 23.0 Å². The molecule has 1 aliphatic rings. The molecule has 0 aliphatic carbocycles. The third-order valence-corrected chi connectivity index (χ3v) is 3.68. The Morgan fingerprint density at radius 2 is 1.91 bits per heavy atom. The minimum absolute atomic E-state index is 0.302. The molecular formula is C17H14N4O2. The number of aromatic nitrogens is 2. The molecule has 6 heteroatoms. The van der Waals surface area contributed by atoms with Crippen LogP contribution in [0.1, 0.15) is 0 Å². The summed E-state index contributed by atoms with van der Waals surface area (Å²) in [5.74, 6) is 0.539. The lowest BCUT2D eigenvalue weighted by atomic mass is 10.2. The number of hydrogen-bond donors (Lipinski definition) is 1. The lowest BCUT2D eigenvalue weighted by molar-refractivity contribution is 0.181. The van der Waals surface area contributed by atoms with E-state index in [9.17, 15) is 4.79 Å². The van der Waals surface area contributed by atoms with Gasteiger partial charge in [-0.25, -0.2) is 14.8 Å². The number of fused-ring (bicyclic) bond motifs is 1. The van der Waals surface area contributed by atoms with Crippen LogP contribution in [0.5, 0.6) is 0 Å². The van der Waals surface area contributed by atoms with E-state index in [-0.39, 0.29) is 6.09 Å². The molecule has 0 spiro atoms. The number of carbonyl (C=O) groups excluding carboxylic acids is 1. The maximum absolute atomic E-state index is 11.5. The van der Waals surface area contributed by atoms with Crippen molar-refractivity contribution >= 4 is 34.3 Å². The summed E-state index contributed by atoms with van der Waals surface area (Å²) in [6.45, 7) is 1.02. The molecule has 0 radical (unpaired) electrons. The van der Waals surface area contributed by atoms with Gasteiger partial charge in [0.15, 0.2) is 0 Å². The van der Waals surface area contributed by atoms with Crippen molar-refractivity contribution in [3.8, 4) is 0 Å². The van der Waals surface area contributed by atoms with Crippen LogP contribution in [0.3, 0.4) is 0 Å². The molecule has 6 nitrogen and oxygen atoms in total. The quantitative estimate of drug-likeness (QED) is 0.804. The van der Waals surface area contributed by atoms with Crippen molar-refractivity contribution in [2.45, 2.75) is 0 Å². The first-order valence-corrected chi connectivity index (χ1v) is 7.33. The van der Waals surface area contributed by atoms with Crippen LogP contribution in [-0.4, -0.2) is 29.2 Å². The van der Waals surface area contributed by atoms with Crippen molar-refractivity contribution in [3.63, 3.8) is 0 Å². The molecule has 23 heavy (non-hydrogen) atoms. The monoisotopic (exact) mass is 306 g/mol. The van der Waals surface area contributed by atoms with Crippen molar-refractivity contribution in [1.82, 2.24) is 9.97 Å². The molecule has 1 fully saturated rings. The van der Waals surface area contributed by atoms with E-state index in [0.717, 1.165) is 22.3 Å². The van der Waals surface area contributed by atoms with Gasteiger partial charge in [-0.1, -0.05) is 18.2 Å². The smallest absolute Gasteiger partial charge is 0.414 e. The van der Waals surface area contributed by atoms with Crippen LogP contribution in [0.2, 0.25) is 0 Å². The Morgan fingerprint density at radius 3 is 2.70 bits per heavy atom. The number of anilines is 3. The van der Waals surface area contributed by atoms with Gasteiger partial charge in [-0.2, -0.15) is 0 Å². The predicted molar refractivity (Wildman–Crippen MR) is 88.0 cm³/mol. The van der Waals surface area contributed by atoms with Gasteiger partial charge in [0.2, 0.25) is 5.95 Å². The number of rotatable bonds is 3. The number of amides is 1. The first-order chi connectivity index (χ1) is 11.3. The molecule has 3 aromatic rings. The van der Waals surface area contributed by atoms with E-state index in [1.807, 2.05) is 48.5 Å². The fourth-order valence-electron chi connectivity index (χ4n) is 2.51. The molecule has 0 saturated carbocycles. The molecule has 1 aromatic heterocycles. The number of hydrogen-bond acceptors (Lipinski definition) is 5. The van der Waals surface area contributed by atoms with E-state index < -0.39 is 0 Å². The fraction of sp³-hybridized carbons (Fsp3) is 0.118. The number of carbonyl (C=O) groups is 1. The Kier molecular flexibility index (Phi) is 3.27. The summed E-state index contributed by atoms with van der Waals surface area (Å²) in [4.78, 5) is 21.9. The van der Waals surface area contributed by atoms with E-state index in [2.05, 4.69) is 15.3 Å². The number of nitrogens with one attached hydrogen (secondary N) is 1. The second-order valence-electron chi connectivity index (χ2n) is 5.19. The predicted octanol–water partition coefficient (Wildman–Crippen LogP) is 3.33. The maximum atomic E-state index is 11.5. The highest BCUT2D eigenvalue weighted by Crippen LogP contribution is 2.22. The summed E-state index contributed by atoms with van der Waals surface area (Å²) in [5, 5.41) is 4.17. The second kappa shape index (κ2) is 5.57. The number of cyclic esters (lactones) is 1. The lowest BCUT2D eigenvalue weighted by Crippen LogP contribution is -2.23. The molecule has 114 valence electrons. The van der Waals surface area contributed by atoms with Gasteiger partial charge < -0.3 is 10.1 Å². The average molecular weight is 306 g/mol. The van der Waals surface area contributed by atoms with Crippen molar-refractivity contribution in [1.29, 1.82) is 0 Å². The summed E-state index contributed by atoms with van der Waals surface area (Å²) < 4.78 is 4.94. The topological polar surface area (TPSA) is 67.3 Å². The third kappa shape index (κ3) is 2.66. The summed E-state index contributed by atoms with van der Waals surface area (Å²) in [7, 11) is 0. The van der Waals surface area contributed by atoms with Crippen LogP contribution >= 0.6 is 0 Å². The Morgan fingerprint density at radius 1 is 1.09 bits per heavy atom. The van der Waals surface area contributed by atoms with Crippen LogP contribution in [-0.2, 0) is 4.74 Å². The molecule has 1 aliphatic heterocycles. The molecule has 1 N–H and O–H groups in total. The van der Waals surface area contributed by atoms with Crippen molar-refractivity contribution in [3.05, 3.63) is 54.7 Å². The first-order valence-electron chi connectivity index (χ1n) is 7.33. The number of ether oxygens (including phenoxy) is 1. The summed E-state index contributed by atoms with van der Waals surface area (Å²) >= 11 is 0. The zero-order chi connectivity index (χ0) is 15.6. The minimum Gasteiger partial charge on any atom is -0.447 e. The average Bonchev–Trinajstić information content (AvgIpc) is 3.02. The van der Waals surface area contributed by atoms with Gasteiger partial charge >= 0.3 is 6.09 Å². The molecular weight excluding hydrogens is 292 g/mol.